The first-order chi connectivity index (χ1) is 15.1. The maximum absolute atomic E-state index is 13.4. The summed E-state index contributed by atoms with van der Waals surface area (Å²) in [5.41, 5.74) is 4.43. The highest BCUT2D eigenvalue weighted by molar-refractivity contribution is 7.91. The third-order valence-corrected chi connectivity index (χ3v) is 7.67. The van der Waals surface area contributed by atoms with Crippen LogP contribution < -0.4 is 0 Å². The number of benzene rings is 2. The maximum atomic E-state index is 13.4. The zero-order chi connectivity index (χ0) is 21.4. The Labute approximate surface area is 182 Å². The van der Waals surface area contributed by atoms with E-state index in [0.717, 1.165) is 37.3 Å². The number of aromatic nitrogens is 3. The molecule has 158 valence electrons. The van der Waals surface area contributed by atoms with E-state index in [1.807, 2.05) is 25.3 Å². The molecule has 2 aromatic carbocycles. The molecule has 0 atom stereocenters. The standard InChI is InChI=1S/C24H24N4O2S/c1-2-21-23(31(29,30)20-11-7-4-8-12-20)24-25-15-19-17-27(14-13-22(19)28(24)26-21)16-18-9-5-3-6-10-18/h3-12,15H,2,13-14,16-17H2,1H3. The Morgan fingerprint density at radius 2 is 1.71 bits per heavy atom. The van der Waals surface area contributed by atoms with Crippen molar-refractivity contribution in [1.82, 2.24) is 19.5 Å². The molecule has 0 N–H and O–H groups in total. The molecule has 3 heterocycles. The van der Waals surface area contributed by atoms with Gasteiger partial charge in [-0.1, -0.05) is 55.5 Å². The quantitative estimate of drug-likeness (QED) is 0.481. The lowest BCUT2D eigenvalue weighted by Crippen LogP contribution is -2.31. The Balaban J connectivity index is 1.55. The summed E-state index contributed by atoms with van der Waals surface area (Å²) in [7, 11) is -3.70. The van der Waals surface area contributed by atoms with Gasteiger partial charge in [0.05, 0.1) is 16.3 Å². The van der Waals surface area contributed by atoms with E-state index in [-0.39, 0.29) is 9.79 Å². The average molecular weight is 433 g/mol. The van der Waals surface area contributed by atoms with Crippen molar-refractivity contribution in [3.8, 4) is 0 Å². The predicted molar refractivity (Wildman–Crippen MR) is 119 cm³/mol. The Morgan fingerprint density at radius 3 is 2.42 bits per heavy atom. The Morgan fingerprint density at radius 1 is 1.00 bits per heavy atom. The molecule has 0 spiro atoms. The van der Waals surface area contributed by atoms with Crippen LogP contribution in [0.15, 0.2) is 76.7 Å². The van der Waals surface area contributed by atoms with E-state index in [4.69, 9.17) is 5.10 Å². The summed E-state index contributed by atoms with van der Waals surface area (Å²) in [4.78, 5) is 7.48. The fourth-order valence-corrected chi connectivity index (χ4v) is 5.90. The molecule has 1 aliphatic heterocycles. The summed E-state index contributed by atoms with van der Waals surface area (Å²) in [6.45, 7) is 4.48. The molecule has 0 radical (unpaired) electrons. The molecule has 4 aromatic rings. The van der Waals surface area contributed by atoms with E-state index in [1.54, 1.807) is 28.8 Å². The molecular weight excluding hydrogens is 408 g/mol. The molecule has 31 heavy (non-hydrogen) atoms. The number of hydrogen-bond acceptors (Lipinski definition) is 5. The van der Waals surface area contributed by atoms with E-state index in [0.29, 0.717) is 17.8 Å². The fourth-order valence-electron chi connectivity index (χ4n) is 4.27. The molecule has 0 saturated carbocycles. The summed E-state index contributed by atoms with van der Waals surface area (Å²) in [5, 5.41) is 4.70. The lowest BCUT2D eigenvalue weighted by atomic mass is 10.1. The number of nitrogens with zero attached hydrogens (tertiary/aromatic N) is 4. The number of hydrogen-bond donors (Lipinski definition) is 0. The van der Waals surface area contributed by atoms with Crippen molar-refractivity contribution >= 4 is 15.5 Å². The topological polar surface area (TPSA) is 67.6 Å². The minimum atomic E-state index is -3.70. The van der Waals surface area contributed by atoms with Crippen molar-refractivity contribution in [1.29, 1.82) is 0 Å². The second-order valence-corrected chi connectivity index (χ2v) is 9.74. The second-order valence-electron chi connectivity index (χ2n) is 7.86. The summed E-state index contributed by atoms with van der Waals surface area (Å²) < 4.78 is 28.6. The SMILES string of the molecule is CCc1nn2c3c(cnc2c1S(=O)(=O)c1ccccc1)CN(Cc1ccccc1)CC3. The summed E-state index contributed by atoms with van der Waals surface area (Å²) >= 11 is 0. The molecule has 0 bridgehead atoms. The van der Waals surface area contributed by atoms with Crippen molar-refractivity contribution in [3.05, 3.63) is 89.4 Å². The number of sulfone groups is 1. The lowest BCUT2D eigenvalue weighted by molar-refractivity contribution is 0.241. The van der Waals surface area contributed by atoms with Gasteiger partial charge in [0.1, 0.15) is 4.90 Å². The minimum Gasteiger partial charge on any atom is -0.294 e. The molecular formula is C24H24N4O2S. The third kappa shape index (κ3) is 3.54. The van der Waals surface area contributed by atoms with Gasteiger partial charge in [0, 0.05) is 37.8 Å². The van der Waals surface area contributed by atoms with E-state index >= 15 is 0 Å². The van der Waals surface area contributed by atoms with Gasteiger partial charge in [-0.25, -0.2) is 17.9 Å². The van der Waals surface area contributed by atoms with Gasteiger partial charge in [-0.05, 0) is 24.1 Å². The molecule has 6 nitrogen and oxygen atoms in total. The van der Waals surface area contributed by atoms with E-state index in [9.17, 15) is 8.42 Å². The molecule has 1 aliphatic rings. The largest absolute Gasteiger partial charge is 0.294 e. The summed E-state index contributed by atoms with van der Waals surface area (Å²) in [6, 6.07) is 19.0. The summed E-state index contributed by atoms with van der Waals surface area (Å²) in [5.74, 6) is 0. The van der Waals surface area contributed by atoms with Crippen molar-refractivity contribution in [2.45, 2.75) is 42.6 Å². The van der Waals surface area contributed by atoms with Gasteiger partial charge >= 0.3 is 0 Å². The van der Waals surface area contributed by atoms with Crippen LogP contribution in [-0.4, -0.2) is 34.5 Å². The van der Waals surface area contributed by atoms with Crippen LogP contribution in [0.2, 0.25) is 0 Å². The molecule has 0 fully saturated rings. The zero-order valence-corrected chi connectivity index (χ0v) is 18.2. The van der Waals surface area contributed by atoms with Crippen LogP contribution in [0.1, 0.15) is 29.4 Å². The van der Waals surface area contributed by atoms with E-state index in [1.165, 1.54) is 5.56 Å². The first-order valence-corrected chi connectivity index (χ1v) is 12.0. The minimum absolute atomic E-state index is 0.232. The first kappa shape index (κ1) is 19.9. The Hall–Kier alpha value is -3.03. The maximum Gasteiger partial charge on any atom is 0.212 e. The lowest BCUT2D eigenvalue weighted by Gasteiger charge is -2.28. The molecule has 0 unspecified atom stereocenters. The molecule has 0 saturated heterocycles. The van der Waals surface area contributed by atoms with Crippen molar-refractivity contribution in [2.24, 2.45) is 0 Å². The molecule has 0 aliphatic carbocycles. The van der Waals surface area contributed by atoms with Gasteiger partial charge in [-0.3, -0.25) is 4.90 Å². The fraction of sp³-hybridized carbons (Fsp3) is 0.250. The predicted octanol–water partition coefficient (Wildman–Crippen LogP) is 3.68. The normalized spacial score (nSPS) is 14.6. The van der Waals surface area contributed by atoms with Crippen LogP contribution in [0.25, 0.3) is 5.65 Å². The Bertz CT molecular complexity index is 1330. The van der Waals surface area contributed by atoms with Crippen LogP contribution >= 0.6 is 0 Å². The van der Waals surface area contributed by atoms with Gasteiger partial charge in [-0.2, -0.15) is 5.10 Å². The highest BCUT2D eigenvalue weighted by atomic mass is 32.2. The smallest absolute Gasteiger partial charge is 0.212 e. The van der Waals surface area contributed by atoms with Gasteiger partial charge in [-0.15, -0.1) is 0 Å². The number of rotatable bonds is 5. The van der Waals surface area contributed by atoms with Crippen LogP contribution in [0.5, 0.6) is 0 Å². The van der Waals surface area contributed by atoms with Crippen LogP contribution in [-0.2, 0) is 35.8 Å². The number of fused-ring (bicyclic) bond motifs is 3. The highest BCUT2D eigenvalue weighted by Crippen LogP contribution is 2.30. The summed E-state index contributed by atoms with van der Waals surface area (Å²) in [6.07, 6.45) is 3.16. The van der Waals surface area contributed by atoms with Crippen molar-refractivity contribution in [2.75, 3.05) is 6.54 Å². The zero-order valence-electron chi connectivity index (χ0n) is 17.4. The van der Waals surface area contributed by atoms with Crippen LogP contribution in [0.3, 0.4) is 0 Å². The monoisotopic (exact) mass is 432 g/mol. The van der Waals surface area contributed by atoms with Gasteiger partial charge < -0.3 is 0 Å². The highest BCUT2D eigenvalue weighted by Gasteiger charge is 2.30. The van der Waals surface area contributed by atoms with Crippen molar-refractivity contribution in [3.63, 3.8) is 0 Å². The Kier molecular flexibility index (Phi) is 5.08. The number of aryl methyl sites for hydroxylation is 1. The van der Waals surface area contributed by atoms with Crippen LogP contribution in [0.4, 0.5) is 0 Å². The average Bonchev–Trinajstić information content (AvgIpc) is 3.20. The van der Waals surface area contributed by atoms with Gasteiger partial charge in [0.25, 0.3) is 0 Å². The van der Waals surface area contributed by atoms with Crippen LogP contribution in [0, 0.1) is 0 Å². The van der Waals surface area contributed by atoms with Gasteiger partial charge in [0.2, 0.25) is 9.84 Å². The van der Waals surface area contributed by atoms with E-state index in [2.05, 4.69) is 34.1 Å². The molecule has 7 heteroatoms. The molecule has 0 amide bonds. The van der Waals surface area contributed by atoms with Crippen molar-refractivity contribution < 1.29 is 8.42 Å². The first-order valence-electron chi connectivity index (χ1n) is 10.5. The van der Waals surface area contributed by atoms with Gasteiger partial charge in [0.15, 0.2) is 5.65 Å². The van der Waals surface area contributed by atoms with E-state index < -0.39 is 9.84 Å². The third-order valence-electron chi connectivity index (χ3n) is 5.82. The molecule has 2 aromatic heterocycles. The second kappa shape index (κ2) is 7.90. The molecule has 5 rings (SSSR count).